The Bertz CT molecular complexity index is 220. The minimum Gasteiger partial charge on any atom is -0.394 e. The first-order valence-electron chi connectivity index (χ1n) is 7.25. The Labute approximate surface area is 112 Å². The Balaban J connectivity index is 2.13. The summed E-state index contributed by atoms with van der Waals surface area (Å²) in [5.41, 5.74) is -0.107. The van der Waals surface area contributed by atoms with Gasteiger partial charge in [-0.1, -0.05) is 13.3 Å². The summed E-state index contributed by atoms with van der Waals surface area (Å²) in [4.78, 5) is 2.41. The van der Waals surface area contributed by atoms with Gasteiger partial charge in [0.25, 0.3) is 0 Å². The van der Waals surface area contributed by atoms with Crippen molar-refractivity contribution in [3.05, 3.63) is 0 Å². The molecule has 2 atom stereocenters. The highest BCUT2D eigenvalue weighted by Crippen LogP contribution is 2.15. The summed E-state index contributed by atoms with van der Waals surface area (Å²) in [5.74, 6) is 0. The van der Waals surface area contributed by atoms with Crippen molar-refractivity contribution in [3.8, 4) is 0 Å². The van der Waals surface area contributed by atoms with Crippen LogP contribution in [0.1, 0.15) is 39.5 Å². The largest absolute Gasteiger partial charge is 0.394 e. The summed E-state index contributed by atoms with van der Waals surface area (Å²) in [6.45, 7) is 8.25. The van der Waals surface area contributed by atoms with Crippen LogP contribution in [0.4, 0.5) is 0 Å². The average Bonchev–Trinajstić information content (AvgIpc) is 2.88. The van der Waals surface area contributed by atoms with Crippen LogP contribution in [0.5, 0.6) is 0 Å². The first-order valence-corrected chi connectivity index (χ1v) is 7.25. The molecule has 4 nitrogen and oxygen atoms in total. The Morgan fingerprint density at radius 1 is 1.44 bits per heavy atom. The van der Waals surface area contributed by atoms with Crippen molar-refractivity contribution in [2.75, 3.05) is 40.0 Å². The van der Waals surface area contributed by atoms with Gasteiger partial charge in [-0.25, -0.2) is 0 Å². The average molecular weight is 258 g/mol. The van der Waals surface area contributed by atoms with Crippen LogP contribution in [0.2, 0.25) is 0 Å². The summed E-state index contributed by atoms with van der Waals surface area (Å²) in [6.07, 6.45) is 4.55. The highest BCUT2D eigenvalue weighted by molar-refractivity contribution is 4.81. The second kappa shape index (κ2) is 8.10. The van der Waals surface area contributed by atoms with Crippen LogP contribution >= 0.6 is 0 Å². The van der Waals surface area contributed by atoms with Gasteiger partial charge in [-0.05, 0) is 46.3 Å². The minimum atomic E-state index is -0.107. The number of ether oxygens (including phenoxy) is 1. The molecule has 108 valence electrons. The van der Waals surface area contributed by atoms with E-state index in [1.54, 1.807) is 0 Å². The smallest absolute Gasteiger partial charge is 0.0622 e. The standard InChI is InChI=1S/C14H30N2O2/c1-4-15-14(2,12-17)8-5-6-9-16(3)13-7-10-18-11-13/h13,15,17H,4-12H2,1-3H3. The molecule has 1 rings (SSSR count). The third-order valence-electron chi connectivity index (χ3n) is 3.97. The number of aliphatic hydroxyl groups excluding tert-OH is 1. The van der Waals surface area contributed by atoms with E-state index >= 15 is 0 Å². The minimum absolute atomic E-state index is 0.107. The monoisotopic (exact) mass is 258 g/mol. The summed E-state index contributed by atoms with van der Waals surface area (Å²) in [6, 6.07) is 0.614. The van der Waals surface area contributed by atoms with Crippen molar-refractivity contribution in [1.29, 1.82) is 0 Å². The van der Waals surface area contributed by atoms with Crippen molar-refractivity contribution in [3.63, 3.8) is 0 Å². The first kappa shape index (κ1) is 15.9. The molecule has 0 aliphatic carbocycles. The Morgan fingerprint density at radius 3 is 2.78 bits per heavy atom. The summed E-state index contributed by atoms with van der Waals surface area (Å²) >= 11 is 0. The fourth-order valence-electron chi connectivity index (χ4n) is 2.58. The van der Waals surface area contributed by atoms with Crippen LogP contribution in [0, 0.1) is 0 Å². The second-order valence-corrected chi connectivity index (χ2v) is 5.70. The SMILES string of the molecule is CCNC(C)(CO)CCCCN(C)C1CCOC1. The van der Waals surface area contributed by atoms with Gasteiger partial charge in [-0.2, -0.15) is 0 Å². The topological polar surface area (TPSA) is 44.7 Å². The molecule has 0 bridgehead atoms. The van der Waals surface area contributed by atoms with Crippen LogP contribution in [-0.4, -0.2) is 61.5 Å². The third kappa shape index (κ3) is 5.22. The number of nitrogens with one attached hydrogen (secondary N) is 1. The van der Waals surface area contributed by atoms with Gasteiger partial charge in [0.1, 0.15) is 0 Å². The molecular formula is C14H30N2O2. The van der Waals surface area contributed by atoms with E-state index in [0.29, 0.717) is 6.04 Å². The maximum atomic E-state index is 9.41. The fourth-order valence-corrected chi connectivity index (χ4v) is 2.58. The molecule has 0 aromatic rings. The lowest BCUT2D eigenvalue weighted by Crippen LogP contribution is -2.45. The summed E-state index contributed by atoms with van der Waals surface area (Å²) in [7, 11) is 2.19. The van der Waals surface area contributed by atoms with Gasteiger partial charge >= 0.3 is 0 Å². The van der Waals surface area contributed by atoms with E-state index < -0.39 is 0 Å². The molecule has 2 N–H and O–H groups in total. The normalized spacial score (nSPS) is 23.5. The van der Waals surface area contributed by atoms with Crippen LogP contribution in [-0.2, 0) is 4.74 Å². The number of hydrogen-bond donors (Lipinski definition) is 2. The molecule has 0 aromatic carbocycles. The van der Waals surface area contributed by atoms with E-state index in [1.165, 1.54) is 12.8 Å². The molecule has 0 saturated carbocycles. The molecule has 1 aliphatic heterocycles. The van der Waals surface area contributed by atoms with Crippen LogP contribution in [0.15, 0.2) is 0 Å². The molecule has 4 heteroatoms. The quantitative estimate of drug-likeness (QED) is 0.611. The maximum Gasteiger partial charge on any atom is 0.0622 e. The lowest BCUT2D eigenvalue weighted by Gasteiger charge is -2.29. The van der Waals surface area contributed by atoms with Gasteiger partial charge in [0.05, 0.1) is 13.2 Å². The Hall–Kier alpha value is -0.160. The molecule has 1 fully saturated rings. The first-order chi connectivity index (χ1) is 8.61. The number of aliphatic hydroxyl groups is 1. The summed E-state index contributed by atoms with van der Waals surface area (Å²) < 4.78 is 5.40. The Kier molecular flexibility index (Phi) is 7.15. The number of rotatable bonds is 9. The van der Waals surface area contributed by atoms with Gasteiger partial charge in [0.15, 0.2) is 0 Å². The van der Waals surface area contributed by atoms with Crippen molar-refractivity contribution >= 4 is 0 Å². The van der Waals surface area contributed by atoms with E-state index in [9.17, 15) is 5.11 Å². The number of unbranched alkanes of at least 4 members (excludes halogenated alkanes) is 1. The number of nitrogens with zero attached hydrogens (tertiary/aromatic N) is 1. The molecule has 1 aliphatic rings. The molecule has 0 aromatic heterocycles. The molecule has 0 radical (unpaired) electrons. The highest BCUT2D eigenvalue weighted by Gasteiger charge is 2.22. The summed E-state index contributed by atoms with van der Waals surface area (Å²) in [5, 5.41) is 12.8. The molecule has 1 heterocycles. The van der Waals surface area contributed by atoms with Gasteiger partial charge in [-0.15, -0.1) is 0 Å². The van der Waals surface area contributed by atoms with Crippen molar-refractivity contribution in [2.45, 2.75) is 51.1 Å². The second-order valence-electron chi connectivity index (χ2n) is 5.70. The zero-order valence-electron chi connectivity index (χ0n) is 12.2. The predicted molar refractivity (Wildman–Crippen MR) is 74.9 cm³/mol. The molecule has 2 unspecified atom stereocenters. The number of likely N-dealkylation sites (N-methyl/N-ethyl adjacent to an activating group) is 2. The number of hydrogen-bond acceptors (Lipinski definition) is 4. The molecule has 0 amide bonds. The predicted octanol–water partition coefficient (Wildman–Crippen LogP) is 1.24. The fraction of sp³-hybridized carbons (Fsp3) is 1.00. The molecule has 0 spiro atoms. The maximum absolute atomic E-state index is 9.41. The third-order valence-corrected chi connectivity index (χ3v) is 3.97. The van der Waals surface area contributed by atoms with Gasteiger partial charge in [0.2, 0.25) is 0 Å². The van der Waals surface area contributed by atoms with Crippen molar-refractivity contribution < 1.29 is 9.84 Å². The Morgan fingerprint density at radius 2 is 2.22 bits per heavy atom. The molecular weight excluding hydrogens is 228 g/mol. The van der Waals surface area contributed by atoms with E-state index in [2.05, 4.69) is 31.1 Å². The zero-order valence-corrected chi connectivity index (χ0v) is 12.2. The molecule has 18 heavy (non-hydrogen) atoms. The van der Waals surface area contributed by atoms with Gasteiger partial charge < -0.3 is 20.1 Å². The van der Waals surface area contributed by atoms with Crippen molar-refractivity contribution in [2.24, 2.45) is 0 Å². The van der Waals surface area contributed by atoms with Crippen LogP contribution in [0.25, 0.3) is 0 Å². The van der Waals surface area contributed by atoms with E-state index in [4.69, 9.17) is 4.74 Å². The van der Waals surface area contributed by atoms with Gasteiger partial charge in [0, 0.05) is 18.2 Å². The molecule has 1 saturated heterocycles. The van der Waals surface area contributed by atoms with E-state index in [1.807, 2.05) is 0 Å². The highest BCUT2D eigenvalue weighted by atomic mass is 16.5. The van der Waals surface area contributed by atoms with Gasteiger partial charge in [-0.3, -0.25) is 0 Å². The lowest BCUT2D eigenvalue weighted by atomic mass is 9.95. The van der Waals surface area contributed by atoms with E-state index in [0.717, 1.165) is 39.1 Å². The zero-order chi connectivity index (χ0) is 13.4. The van der Waals surface area contributed by atoms with Crippen molar-refractivity contribution in [1.82, 2.24) is 10.2 Å². The van der Waals surface area contributed by atoms with E-state index in [-0.39, 0.29) is 12.1 Å². The lowest BCUT2D eigenvalue weighted by molar-refractivity contribution is 0.151. The van der Waals surface area contributed by atoms with Crippen LogP contribution in [0.3, 0.4) is 0 Å². The van der Waals surface area contributed by atoms with Crippen LogP contribution < -0.4 is 5.32 Å².